The Bertz CT molecular complexity index is 352. The highest BCUT2D eigenvalue weighted by molar-refractivity contribution is 5.48. The fraction of sp³-hybridized carbons (Fsp3) is 0.455. The minimum Gasteiger partial charge on any atom is -0.496 e. The number of hydrogen-bond donors (Lipinski definition) is 1. The summed E-state index contributed by atoms with van der Waals surface area (Å²) in [5.74, 6) is 1.77. The molecule has 0 fully saturated rings. The molecule has 0 saturated heterocycles. The Labute approximate surface area is 89.1 Å². The van der Waals surface area contributed by atoms with Crippen LogP contribution < -0.4 is 14.8 Å². The fourth-order valence-electron chi connectivity index (χ4n) is 1.75. The van der Waals surface area contributed by atoms with Gasteiger partial charge >= 0.3 is 0 Å². The lowest BCUT2D eigenvalue weighted by molar-refractivity contribution is -0.0170. The predicted molar refractivity (Wildman–Crippen MR) is 56.0 cm³/mol. The average Bonchev–Trinajstić information content (AvgIpc) is 2.30. The van der Waals surface area contributed by atoms with Crippen LogP contribution in [-0.4, -0.2) is 21.0 Å². The average molecular weight is 209 g/mol. The van der Waals surface area contributed by atoms with Crippen LogP contribution in [0.2, 0.25) is 0 Å². The lowest BCUT2D eigenvalue weighted by Crippen LogP contribution is -2.16. The fourth-order valence-corrected chi connectivity index (χ4v) is 1.75. The number of benzene rings is 1. The molecule has 0 aromatic heterocycles. The molecule has 1 N–H and O–H groups in total. The van der Waals surface area contributed by atoms with Crippen LogP contribution in [0.3, 0.4) is 0 Å². The van der Waals surface area contributed by atoms with Gasteiger partial charge in [0.05, 0.1) is 13.7 Å². The largest absolute Gasteiger partial charge is 0.496 e. The first-order valence-corrected chi connectivity index (χ1v) is 4.90. The summed E-state index contributed by atoms with van der Waals surface area (Å²) >= 11 is 0. The Morgan fingerprint density at radius 2 is 2.33 bits per heavy atom. The van der Waals surface area contributed by atoms with Crippen molar-refractivity contribution in [2.24, 2.45) is 0 Å². The summed E-state index contributed by atoms with van der Waals surface area (Å²) in [6.07, 6.45) is 0. The third-order valence-electron chi connectivity index (χ3n) is 2.46. The smallest absolute Gasteiger partial charge is 0.189 e. The van der Waals surface area contributed by atoms with Crippen LogP contribution in [-0.2, 0) is 17.9 Å². The van der Waals surface area contributed by atoms with Crippen LogP contribution in [0.4, 0.5) is 0 Å². The Balaban J connectivity index is 2.44. The quantitative estimate of drug-likeness (QED) is 0.814. The van der Waals surface area contributed by atoms with E-state index < -0.39 is 0 Å². The zero-order chi connectivity index (χ0) is 10.7. The molecule has 82 valence electrons. The highest BCUT2D eigenvalue weighted by Crippen LogP contribution is 2.33. The van der Waals surface area contributed by atoms with Gasteiger partial charge in [-0.05, 0) is 19.2 Å². The number of hydrogen-bond acceptors (Lipinski definition) is 4. The lowest BCUT2D eigenvalue weighted by Gasteiger charge is -2.22. The minimum atomic E-state index is 0.332. The van der Waals surface area contributed by atoms with E-state index in [4.69, 9.17) is 14.2 Å². The molecule has 0 unspecified atom stereocenters. The van der Waals surface area contributed by atoms with E-state index in [0.717, 1.165) is 29.2 Å². The molecule has 15 heavy (non-hydrogen) atoms. The number of ether oxygens (including phenoxy) is 3. The highest BCUT2D eigenvalue weighted by Gasteiger charge is 2.17. The summed E-state index contributed by atoms with van der Waals surface area (Å²) in [4.78, 5) is 0. The van der Waals surface area contributed by atoms with Gasteiger partial charge in [-0.2, -0.15) is 0 Å². The van der Waals surface area contributed by atoms with Crippen LogP contribution in [0.15, 0.2) is 12.1 Å². The van der Waals surface area contributed by atoms with Gasteiger partial charge in [0.25, 0.3) is 0 Å². The second-order valence-electron chi connectivity index (χ2n) is 3.36. The Morgan fingerprint density at radius 3 is 3.07 bits per heavy atom. The van der Waals surface area contributed by atoms with E-state index in [1.165, 1.54) is 0 Å². The van der Waals surface area contributed by atoms with Gasteiger partial charge in [0.2, 0.25) is 0 Å². The van der Waals surface area contributed by atoms with Gasteiger partial charge in [-0.1, -0.05) is 0 Å². The van der Waals surface area contributed by atoms with Crippen LogP contribution in [0.25, 0.3) is 0 Å². The van der Waals surface area contributed by atoms with Crippen molar-refractivity contribution in [2.75, 3.05) is 21.0 Å². The van der Waals surface area contributed by atoms with Gasteiger partial charge in [0.1, 0.15) is 11.5 Å². The van der Waals surface area contributed by atoms with Crippen molar-refractivity contribution in [3.63, 3.8) is 0 Å². The lowest BCUT2D eigenvalue weighted by atomic mass is 10.1. The van der Waals surface area contributed by atoms with Gasteiger partial charge in [0.15, 0.2) is 6.79 Å². The van der Waals surface area contributed by atoms with E-state index >= 15 is 0 Å². The molecule has 0 bridgehead atoms. The van der Waals surface area contributed by atoms with Gasteiger partial charge in [0, 0.05) is 17.7 Å². The molecule has 0 amide bonds. The van der Waals surface area contributed by atoms with E-state index in [-0.39, 0.29) is 0 Å². The van der Waals surface area contributed by atoms with E-state index in [2.05, 4.69) is 5.32 Å². The van der Waals surface area contributed by atoms with Crippen molar-refractivity contribution >= 4 is 0 Å². The van der Waals surface area contributed by atoms with Gasteiger partial charge in [-0.15, -0.1) is 0 Å². The summed E-state index contributed by atoms with van der Waals surface area (Å²) in [6, 6.07) is 3.85. The SMILES string of the molecule is CNCc1c(OC)ccc2c1COCO2. The monoisotopic (exact) mass is 209 g/mol. The maximum Gasteiger partial charge on any atom is 0.189 e. The number of nitrogens with one attached hydrogen (secondary N) is 1. The third kappa shape index (κ3) is 1.91. The molecule has 4 nitrogen and oxygen atoms in total. The van der Waals surface area contributed by atoms with Crippen LogP contribution in [0, 0.1) is 0 Å². The van der Waals surface area contributed by atoms with Crippen molar-refractivity contribution in [2.45, 2.75) is 13.2 Å². The first kappa shape index (κ1) is 10.3. The van der Waals surface area contributed by atoms with Crippen molar-refractivity contribution in [3.8, 4) is 11.5 Å². The molecule has 0 radical (unpaired) electrons. The van der Waals surface area contributed by atoms with Gasteiger partial charge in [-0.25, -0.2) is 0 Å². The maximum absolute atomic E-state index is 5.40. The summed E-state index contributed by atoms with van der Waals surface area (Å²) in [6.45, 7) is 1.67. The van der Waals surface area contributed by atoms with E-state index in [1.54, 1.807) is 7.11 Å². The minimum absolute atomic E-state index is 0.332. The van der Waals surface area contributed by atoms with E-state index in [9.17, 15) is 0 Å². The molecule has 1 aromatic carbocycles. The third-order valence-corrected chi connectivity index (χ3v) is 2.46. The van der Waals surface area contributed by atoms with E-state index in [1.807, 2.05) is 19.2 Å². The standard InChI is InChI=1S/C11H15NO3/c1-12-5-8-9-6-14-7-15-11(9)4-3-10(8)13-2/h3-4,12H,5-7H2,1-2H3. The topological polar surface area (TPSA) is 39.7 Å². The second kappa shape index (κ2) is 4.51. The zero-order valence-corrected chi connectivity index (χ0v) is 9.00. The number of methoxy groups -OCH3 is 1. The van der Waals surface area contributed by atoms with Crippen molar-refractivity contribution in [3.05, 3.63) is 23.3 Å². The Morgan fingerprint density at radius 1 is 1.47 bits per heavy atom. The molecule has 1 aromatic rings. The Kier molecular flexibility index (Phi) is 3.08. The summed E-state index contributed by atoms with van der Waals surface area (Å²) in [5.41, 5.74) is 2.19. The van der Waals surface area contributed by atoms with Crippen molar-refractivity contribution in [1.29, 1.82) is 0 Å². The number of rotatable bonds is 3. The Hall–Kier alpha value is -1.26. The normalized spacial score (nSPS) is 14.3. The molecule has 4 heteroatoms. The molecule has 0 spiro atoms. The summed E-state index contributed by atoms with van der Waals surface area (Å²) in [7, 11) is 3.58. The van der Waals surface area contributed by atoms with E-state index in [0.29, 0.717) is 13.4 Å². The van der Waals surface area contributed by atoms with Gasteiger partial charge < -0.3 is 19.5 Å². The predicted octanol–water partition coefficient (Wildman–Crippen LogP) is 1.28. The maximum atomic E-state index is 5.40. The molecular formula is C11H15NO3. The molecule has 1 aliphatic heterocycles. The number of fused-ring (bicyclic) bond motifs is 1. The molecule has 2 rings (SSSR count). The van der Waals surface area contributed by atoms with Crippen LogP contribution >= 0.6 is 0 Å². The molecule has 0 aliphatic carbocycles. The van der Waals surface area contributed by atoms with Crippen molar-refractivity contribution in [1.82, 2.24) is 5.32 Å². The molecular weight excluding hydrogens is 194 g/mol. The highest BCUT2D eigenvalue weighted by atomic mass is 16.7. The molecule has 1 heterocycles. The zero-order valence-electron chi connectivity index (χ0n) is 9.00. The van der Waals surface area contributed by atoms with Crippen LogP contribution in [0.1, 0.15) is 11.1 Å². The summed E-state index contributed by atoms with van der Waals surface area (Å²) < 4.78 is 16.0. The molecule has 1 aliphatic rings. The molecule has 0 atom stereocenters. The van der Waals surface area contributed by atoms with Crippen molar-refractivity contribution < 1.29 is 14.2 Å². The second-order valence-corrected chi connectivity index (χ2v) is 3.36. The van der Waals surface area contributed by atoms with Gasteiger partial charge in [-0.3, -0.25) is 0 Å². The first-order chi connectivity index (χ1) is 7.36. The first-order valence-electron chi connectivity index (χ1n) is 4.90. The summed E-state index contributed by atoms with van der Waals surface area (Å²) in [5, 5.41) is 3.12. The van der Waals surface area contributed by atoms with Crippen LogP contribution in [0.5, 0.6) is 11.5 Å². The molecule has 0 saturated carbocycles.